The molecule has 6 nitrogen and oxygen atoms in total. The number of aryl methyl sites for hydroxylation is 1. The van der Waals surface area contributed by atoms with Gasteiger partial charge >= 0.3 is 0 Å². The molecule has 6 heteroatoms. The minimum absolute atomic E-state index is 0.0596. The first-order valence-corrected chi connectivity index (χ1v) is 10.8. The number of hydrogen-bond acceptors (Lipinski definition) is 4. The van der Waals surface area contributed by atoms with E-state index in [4.69, 9.17) is 5.73 Å². The van der Waals surface area contributed by atoms with Crippen molar-refractivity contribution in [1.29, 1.82) is 0 Å². The summed E-state index contributed by atoms with van der Waals surface area (Å²) in [5.74, 6) is -0.603. The quantitative estimate of drug-likeness (QED) is 0.650. The summed E-state index contributed by atoms with van der Waals surface area (Å²) >= 11 is 0. The molecule has 3 rings (SSSR count). The minimum atomic E-state index is -0.690. The summed E-state index contributed by atoms with van der Waals surface area (Å²) in [6, 6.07) is 17.5. The third-order valence-electron chi connectivity index (χ3n) is 5.92. The van der Waals surface area contributed by atoms with Gasteiger partial charge in [0.15, 0.2) is 5.78 Å². The van der Waals surface area contributed by atoms with Gasteiger partial charge in [0.1, 0.15) is 6.04 Å². The Morgan fingerprint density at radius 3 is 2.23 bits per heavy atom. The second-order valence-electron chi connectivity index (χ2n) is 8.34. The highest BCUT2D eigenvalue weighted by atomic mass is 16.2. The molecule has 0 saturated carbocycles. The number of nitrogens with one attached hydrogen (secondary N) is 1. The lowest BCUT2D eigenvalue weighted by Crippen LogP contribution is -2.51. The number of ketones is 1. The molecule has 2 amide bonds. The van der Waals surface area contributed by atoms with Crippen LogP contribution in [0.2, 0.25) is 0 Å². The lowest BCUT2D eigenvalue weighted by molar-refractivity contribution is -0.139. The molecule has 0 bridgehead atoms. The summed E-state index contributed by atoms with van der Waals surface area (Å²) in [4.78, 5) is 39.7. The average molecular weight is 422 g/mol. The van der Waals surface area contributed by atoms with Crippen LogP contribution in [-0.4, -0.2) is 46.7 Å². The molecule has 0 aliphatic carbocycles. The van der Waals surface area contributed by atoms with Gasteiger partial charge in [-0.15, -0.1) is 0 Å². The molecule has 0 radical (unpaired) electrons. The number of carbonyl (C=O) groups is 3. The zero-order chi connectivity index (χ0) is 22.4. The van der Waals surface area contributed by atoms with Crippen LogP contribution in [0.5, 0.6) is 0 Å². The minimum Gasteiger partial charge on any atom is -0.343 e. The van der Waals surface area contributed by atoms with Crippen LogP contribution < -0.4 is 11.1 Å². The van der Waals surface area contributed by atoms with E-state index >= 15 is 0 Å². The zero-order valence-electron chi connectivity index (χ0n) is 18.2. The highest BCUT2D eigenvalue weighted by Crippen LogP contribution is 2.24. The Labute approximate surface area is 183 Å². The zero-order valence-corrected chi connectivity index (χ0v) is 18.2. The molecule has 1 unspecified atom stereocenters. The number of benzene rings is 2. The largest absolute Gasteiger partial charge is 0.343 e. The third kappa shape index (κ3) is 5.79. The number of carbonyl (C=O) groups excluding carboxylic acids is 3. The first kappa shape index (κ1) is 22.7. The predicted molar refractivity (Wildman–Crippen MR) is 120 cm³/mol. The first-order valence-electron chi connectivity index (χ1n) is 10.8. The topological polar surface area (TPSA) is 92.5 Å². The van der Waals surface area contributed by atoms with E-state index in [1.807, 2.05) is 67.6 Å². The van der Waals surface area contributed by atoms with E-state index in [0.717, 1.165) is 11.1 Å². The van der Waals surface area contributed by atoms with Gasteiger partial charge in [0.2, 0.25) is 11.8 Å². The summed E-state index contributed by atoms with van der Waals surface area (Å²) in [6.07, 6.45) is 2.12. The maximum atomic E-state index is 13.1. The third-order valence-corrected chi connectivity index (χ3v) is 5.92. The molecule has 0 aromatic heterocycles. The van der Waals surface area contributed by atoms with Gasteiger partial charge in [-0.25, -0.2) is 0 Å². The van der Waals surface area contributed by atoms with Crippen molar-refractivity contribution in [2.24, 2.45) is 5.73 Å². The number of hydrogen-bond donors (Lipinski definition) is 2. The molecule has 1 heterocycles. The Bertz CT molecular complexity index is 901. The molecule has 1 aliphatic rings. The van der Waals surface area contributed by atoms with Crippen molar-refractivity contribution in [1.82, 2.24) is 10.2 Å². The van der Waals surface area contributed by atoms with Crippen molar-refractivity contribution in [2.75, 3.05) is 0 Å². The fraction of sp³-hybridized carbons (Fsp3) is 0.400. The van der Waals surface area contributed by atoms with Crippen molar-refractivity contribution < 1.29 is 14.4 Å². The molecule has 1 saturated heterocycles. The van der Waals surface area contributed by atoms with Crippen LogP contribution in [0.3, 0.4) is 0 Å². The number of Topliss-reactive ketones (excluding diaryl/α,β-unsaturated/α-hetero) is 1. The molecule has 0 spiro atoms. The second kappa shape index (κ2) is 10.4. The van der Waals surface area contributed by atoms with Crippen LogP contribution in [0, 0.1) is 0 Å². The molecule has 4 atom stereocenters. The van der Waals surface area contributed by atoms with Crippen molar-refractivity contribution in [3.8, 4) is 0 Å². The van der Waals surface area contributed by atoms with E-state index in [2.05, 4.69) is 5.32 Å². The summed E-state index contributed by atoms with van der Waals surface area (Å²) in [5, 5.41) is 2.82. The number of rotatable bonds is 9. The fourth-order valence-corrected chi connectivity index (χ4v) is 4.19. The van der Waals surface area contributed by atoms with Gasteiger partial charge in [-0.1, -0.05) is 60.7 Å². The van der Waals surface area contributed by atoms with E-state index < -0.39 is 18.1 Å². The van der Waals surface area contributed by atoms with Gasteiger partial charge in [0.25, 0.3) is 0 Å². The number of nitrogens with zero attached hydrogens (tertiary/aromatic N) is 1. The number of amides is 2. The molecule has 1 aliphatic heterocycles. The Morgan fingerprint density at radius 1 is 1.06 bits per heavy atom. The van der Waals surface area contributed by atoms with Crippen LogP contribution >= 0.6 is 0 Å². The maximum Gasteiger partial charge on any atom is 0.246 e. The lowest BCUT2D eigenvalue weighted by Gasteiger charge is -2.30. The summed E-state index contributed by atoms with van der Waals surface area (Å²) in [7, 11) is 0. The van der Waals surface area contributed by atoms with Gasteiger partial charge in [-0.2, -0.15) is 0 Å². The van der Waals surface area contributed by atoms with Crippen molar-refractivity contribution in [3.63, 3.8) is 0 Å². The van der Waals surface area contributed by atoms with Gasteiger partial charge in [-0.3, -0.25) is 14.4 Å². The van der Waals surface area contributed by atoms with E-state index in [9.17, 15) is 14.4 Å². The van der Waals surface area contributed by atoms with E-state index in [1.54, 1.807) is 4.90 Å². The van der Waals surface area contributed by atoms with Gasteiger partial charge in [0, 0.05) is 6.04 Å². The average Bonchev–Trinajstić information content (AvgIpc) is 3.04. The Morgan fingerprint density at radius 2 is 1.65 bits per heavy atom. The van der Waals surface area contributed by atoms with E-state index in [1.165, 1.54) is 6.92 Å². The van der Waals surface area contributed by atoms with Gasteiger partial charge in [-0.05, 0) is 50.7 Å². The van der Waals surface area contributed by atoms with Gasteiger partial charge < -0.3 is 16.0 Å². The summed E-state index contributed by atoms with van der Waals surface area (Å²) < 4.78 is 0. The number of nitrogens with two attached hydrogens (primary N) is 1. The molecule has 164 valence electrons. The standard InChI is InChI=1S/C25H31N3O3/c1-17-15-22(27-24(30)21(26)14-13-19-9-5-3-6-10-19)25(31)28(17)23(18(2)29)16-20-11-7-4-8-12-20/h3-12,17,21-23H,13-16,26H2,1-2H3,(H,27,30)/t17?,21-,22-,23-/m0/s1. The van der Waals surface area contributed by atoms with Crippen LogP contribution in [0.1, 0.15) is 37.8 Å². The van der Waals surface area contributed by atoms with Crippen molar-refractivity contribution in [3.05, 3.63) is 71.8 Å². The predicted octanol–water partition coefficient (Wildman–Crippen LogP) is 2.25. The summed E-state index contributed by atoms with van der Waals surface area (Å²) in [5.41, 5.74) is 8.19. The molecule has 3 N–H and O–H groups in total. The number of likely N-dealkylation sites (tertiary alicyclic amines) is 1. The summed E-state index contributed by atoms with van der Waals surface area (Å²) in [6.45, 7) is 3.43. The Kier molecular flexibility index (Phi) is 7.58. The molecule has 2 aromatic rings. The van der Waals surface area contributed by atoms with Crippen LogP contribution in [0.4, 0.5) is 0 Å². The lowest BCUT2D eigenvalue weighted by atomic mass is 10.0. The monoisotopic (exact) mass is 421 g/mol. The molecule has 2 aromatic carbocycles. The van der Waals surface area contributed by atoms with Crippen LogP contribution in [-0.2, 0) is 27.2 Å². The van der Waals surface area contributed by atoms with E-state index in [0.29, 0.717) is 25.7 Å². The van der Waals surface area contributed by atoms with Gasteiger partial charge in [0.05, 0.1) is 12.1 Å². The second-order valence-corrected chi connectivity index (χ2v) is 8.34. The maximum absolute atomic E-state index is 13.1. The first-order chi connectivity index (χ1) is 14.9. The fourth-order valence-electron chi connectivity index (χ4n) is 4.19. The Balaban J connectivity index is 1.61. The molecular formula is C25H31N3O3. The smallest absolute Gasteiger partial charge is 0.246 e. The van der Waals surface area contributed by atoms with Crippen LogP contribution in [0.25, 0.3) is 0 Å². The van der Waals surface area contributed by atoms with E-state index in [-0.39, 0.29) is 23.6 Å². The van der Waals surface area contributed by atoms with Crippen molar-refractivity contribution >= 4 is 17.6 Å². The highest BCUT2D eigenvalue weighted by Gasteiger charge is 2.43. The normalized spacial score (nSPS) is 20.4. The SMILES string of the molecule is CC(=O)[C@H](Cc1ccccc1)N1C(=O)[C@@H](NC(=O)[C@@H](N)CCc2ccccc2)CC1C. The molecule has 1 fully saturated rings. The van der Waals surface area contributed by atoms with Crippen LogP contribution in [0.15, 0.2) is 60.7 Å². The molecule has 31 heavy (non-hydrogen) atoms. The highest BCUT2D eigenvalue weighted by molar-refractivity contribution is 5.94. The Hall–Kier alpha value is -2.99. The molecular weight excluding hydrogens is 390 g/mol. The van der Waals surface area contributed by atoms with Crippen molar-refractivity contribution in [2.45, 2.75) is 63.7 Å².